The number of nitrogens with zero attached hydrogens (tertiary/aromatic N) is 1. The zero-order chi connectivity index (χ0) is 18.2. The maximum absolute atomic E-state index is 12.8. The van der Waals surface area contributed by atoms with Gasteiger partial charge in [-0.3, -0.25) is 9.59 Å². The largest absolute Gasteiger partial charge is 0.353 e. The van der Waals surface area contributed by atoms with Crippen LogP contribution < -0.4 is 5.32 Å². The molecule has 1 unspecified atom stereocenters. The summed E-state index contributed by atoms with van der Waals surface area (Å²) in [7, 11) is 0. The van der Waals surface area contributed by atoms with Crippen LogP contribution in [0.2, 0.25) is 0 Å². The first-order valence-electron chi connectivity index (χ1n) is 10.0. The predicted molar refractivity (Wildman–Crippen MR) is 107 cm³/mol. The first-order chi connectivity index (χ1) is 12.8. The van der Waals surface area contributed by atoms with Gasteiger partial charge in [0.05, 0.1) is 0 Å². The van der Waals surface area contributed by atoms with Gasteiger partial charge in [0.1, 0.15) is 6.04 Å². The lowest BCUT2D eigenvalue weighted by Gasteiger charge is -2.34. The summed E-state index contributed by atoms with van der Waals surface area (Å²) >= 11 is 1.99. The van der Waals surface area contributed by atoms with Gasteiger partial charge in [-0.2, -0.15) is 11.8 Å². The number of rotatable bonds is 6. The van der Waals surface area contributed by atoms with Crippen molar-refractivity contribution in [3.63, 3.8) is 0 Å². The van der Waals surface area contributed by atoms with E-state index >= 15 is 0 Å². The van der Waals surface area contributed by atoms with E-state index in [1.54, 1.807) is 4.90 Å². The van der Waals surface area contributed by atoms with Crippen LogP contribution in [-0.4, -0.2) is 46.8 Å². The van der Waals surface area contributed by atoms with E-state index in [0.29, 0.717) is 18.7 Å². The quantitative estimate of drug-likeness (QED) is 0.769. The molecule has 4 nitrogen and oxygen atoms in total. The fourth-order valence-corrected chi connectivity index (χ4v) is 5.16. The van der Waals surface area contributed by atoms with E-state index in [-0.39, 0.29) is 17.9 Å². The zero-order valence-electron chi connectivity index (χ0n) is 15.5. The van der Waals surface area contributed by atoms with Gasteiger partial charge in [-0.1, -0.05) is 37.5 Å². The van der Waals surface area contributed by atoms with Crippen molar-refractivity contribution in [1.82, 2.24) is 10.2 Å². The van der Waals surface area contributed by atoms with E-state index < -0.39 is 0 Å². The molecule has 2 amide bonds. The number of amides is 2. The normalized spacial score (nSPS) is 21.4. The molecule has 1 aromatic carbocycles. The SMILES string of the molecule is O=C(NCCSC1CCCCC1)C1CCCCN1C(=O)c1ccccc1. The third kappa shape index (κ3) is 5.26. The number of piperidine rings is 1. The number of hydrogen-bond donors (Lipinski definition) is 1. The highest BCUT2D eigenvalue weighted by Crippen LogP contribution is 2.27. The maximum Gasteiger partial charge on any atom is 0.254 e. The fraction of sp³-hybridized carbons (Fsp3) is 0.619. The number of benzene rings is 1. The summed E-state index contributed by atoms with van der Waals surface area (Å²) in [6, 6.07) is 8.97. The van der Waals surface area contributed by atoms with Gasteiger partial charge in [-0.05, 0) is 44.2 Å². The molecule has 5 heteroatoms. The third-order valence-corrected chi connectivity index (χ3v) is 6.78. The van der Waals surface area contributed by atoms with Gasteiger partial charge < -0.3 is 10.2 Å². The smallest absolute Gasteiger partial charge is 0.254 e. The van der Waals surface area contributed by atoms with E-state index in [0.717, 1.165) is 30.3 Å². The minimum absolute atomic E-state index is 0.0122. The molecule has 0 spiro atoms. The molecule has 1 aliphatic heterocycles. The van der Waals surface area contributed by atoms with Crippen LogP contribution in [0.3, 0.4) is 0 Å². The molecule has 1 N–H and O–H groups in total. The molecule has 0 radical (unpaired) electrons. The lowest BCUT2D eigenvalue weighted by atomic mass is 10.00. The average Bonchev–Trinajstić information content (AvgIpc) is 2.72. The molecule has 3 rings (SSSR count). The molecular weight excluding hydrogens is 344 g/mol. The number of likely N-dealkylation sites (tertiary alicyclic amines) is 1. The molecule has 2 aliphatic rings. The van der Waals surface area contributed by atoms with Crippen LogP contribution in [0.25, 0.3) is 0 Å². The predicted octanol–water partition coefficient (Wildman–Crippen LogP) is 3.86. The van der Waals surface area contributed by atoms with Gasteiger partial charge in [0.15, 0.2) is 0 Å². The topological polar surface area (TPSA) is 49.4 Å². The van der Waals surface area contributed by atoms with Crippen molar-refractivity contribution < 1.29 is 9.59 Å². The average molecular weight is 375 g/mol. The Bertz CT molecular complexity index is 587. The highest BCUT2D eigenvalue weighted by molar-refractivity contribution is 7.99. The van der Waals surface area contributed by atoms with E-state index in [4.69, 9.17) is 0 Å². The number of carbonyl (C=O) groups is 2. The Morgan fingerprint density at radius 3 is 2.50 bits per heavy atom. The molecule has 26 heavy (non-hydrogen) atoms. The summed E-state index contributed by atoms with van der Waals surface area (Å²) in [5.41, 5.74) is 0.667. The second-order valence-electron chi connectivity index (χ2n) is 7.30. The summed E-state index contributed by atoms with van der Waals surface area (Å²) in [4.78, 5) is 27.2. The monoisotopic (exact) mass is 374 g/mol. The Morgan fingerprint density at radius 2 is 1.73 bits per heavy atom. The Kier molecular flexibility index (Phi) is 7.42. The summed E-state index contributed by atoms with van der Waals surface area (Å²) < 4.78 is 0. The summed E-state index contributed by atoms with van der Waals surface area (Å²) in [6.45, 7) is 1.37. The third-order valence-electron chi connectivity index (χ3n) is 5.39. The molecule has 1 heterocycles. The van der Waals surface area contributed by atoms with Gasteiger partial charge >= 0.3 is 0 Å². The van der Waals surface area contributed by atoms with Gasteiger partial charge in [0.25, 0.3) is 5.91 Å². The molecule has 1 atom stereocenters. The number of thioether (sulfide) groups is 1. The second kappa shape index (κ2) is 10.0. The molecule has 1 aromatic rings. The molecular formula is C21H30N2O2S. The number of nitrogens with one attached hydrogen (secondary N) is 1. The van der Waals surface area contributed by atoms with E-state index in [9.17, 15) is 9.59 Å². The molecule has 1 saturated heterocycles. The van der Waals surface area contributed by atoms with Gasteiger partial charge in [0, 0.05) is 29.7 Å². The van der Waals surface area contributed by atoms with E-state index in [2.05, 4.69) is 5.32 Å². The van der Waals surface area contributed by atoms with Crippen molar-refractivity contribution in [2.45, 2.75) is 62.7 Å². The van der Waals surface area contributed by atoms with Crippen molar-refractivity contribution in [3.8, 4) is 0 Å². The maximum atomic E-state index is 12.8. The molecule has 1 aliphatic carbocycles. The minimum Gasteiger partial charge on any atom is -0.353 e. The van der Waals surface area contributed by atoms with Crippen LogP contribution in [-0.2, 0) is 4.79 Å². The zero-order valence-corrected chi connectivity index (χ0v) is 16.3. The first-order valence-corrected chi connectivity index (χ1v) is 11.1. The highest BCUT2D eigenvalue weighted by atomic mass is 32.2. The standard InChI is InChI=1S/C21H30N2O2S/c24-20(22-14-16-26-18-11-5-2-6-12-18)19-13-7-8-15-23(19)21(25)17-9-3-1-4-10-17/h1,3-4,9-10,18-19H,2,5-8,11-16H2,(H,22,24). The van der Waals surface area contributed by atoms with Crippen molar-refractivity contribution in [2.75, 3.05) is 18.8 Å². The van der Waals surface area contributed by atoms with Crippen molar-refractivity contribution in [2.24, 2.45) is 0 Å². The minimum atomic E-state index is -0.323. The van der Waals surface area contributed by atoms with E-state index in [1.807, 2.05) is 42.1 Å². The summed E-state index contributed by atoms with van der Waals surface area (Å²) in [5.74, 6) is 0.954. The molecule has 1 saturated carbocycles. The van der Waals surface area contributed by atoms with Crippen LogP contribution in [0.15, 0.2) is 30.3 Å². The lowest BCUT2D eigenvalue weighted by molar-refractivity contribution is -0.126. The summed E-state index contributed by atoms with van der Waals surface area (Å²) in [6.07, 6.45) is 9.46. The van der Waals surface area contributed by atoms with Gasteiger partial charge in [-0.25, -0.2) is 0 Å². The Labute approximate surface area is 161 Å². The van der Waals surface area contributed by atoms with Crippen molar-refractivity contribution in [1.29, 1.82) is 0 Å². The van der Waals surface area contributed by atoms with E-state index in [1.165, 1.54) is 32.1 Å². The van der Waals surface area contributed by atoms with Crippen LogP contribution in [0.4, 0.5) is 0 Å². The number of hydrogen-bond acceptors (Lipinski definition) is 3. The van der Waals surface area contributed by atoms with Crippen LogP contribution in [0.1, 0.15) is 61.7 Å². The molecule has 2 fully saturated rings. The fourth-order valence-electron chi connectivity index (χ4n) is 3.94. The van der Waals surface area contributed by atoms with Gasteiger partial charge in [0.2, 0.25) is 5.91 Å². The van der Waals surface area contributed by atoms with Crippen molar-refractivity contribution in [3.05, 3.63) is 35.9 Å². The Hall–Kier alpha value is -1.49. The lowest BCUT2D eigenvalue weighted by Crippen LogP contribution is -2.52. The molecule has 0 aromatic heterocycles. The first kappa shape index (κ1) is 19.3. The Balaban J connectivity index is 1.48. The summed E-state index contributed by atoms with van der Waals surface area (Å²) in [5, 5.41) is 3.84. The van der Waals surface area contributed by atoms with Crippen LogP contribution in [0.5, 0.6) is 0 Å². The van der Waals surface area contributed by atoms with Crippen molar-refractivity contribution >= 4 is 23.6 Å². The molecule has 142 valence electrons. The van der Waals surface area contributed by atoms with Crippen LogP contribution >= 0.6 is 11.8 Å². The highest BCUT2D eigenvalue weighted by Gasteiger charge is 2.32. The Morgan fingerprint density at radius 1 is 1.00 bits per heavy atom. The van der Waals surface area contributed by atoms with Crippen LogP contribution in [0, 0.1) is 0 Å². The second-order valence-corrected chi connectivity index (χ2v) is 8.71. The molecule has 0 bridgehead atoms. The van der Waals surface area contributed by atoms with Gasteiger partial charge in [-0.15, -0.1) is 0 Å². The number of carbonyl (C=O) groups excluding carboxylic acids is 2.